The molecule has 0 radical (unpaired) electrons. The first-order valence-electron chi connectivity index (χ1n) is 5.51. The Labute approximate surface area is 110 Å². The van der Waals surface area contributed by atoms with Crippen molar-refractivity contribution in [2.75, 3.05) is 7.11 Å². The van der Waals surface area contributed by atoms with Gasteiger partial charge in [-0.15, -0.1) is 0 Å². The van der Waals surface area contributed by atoms with Crippen molar-refractivity contribution in [3.05, 3.63) is 47.5 Å². The van der Waals surface area contributed by atoms with E-state index in [0.717, 1.165) is 5.56 Å². The number of carbonyl (C=O) groups excluding carboxylic acids is 1. The lowest BCUT2D eigenvalue weighted by Crippen LogP contribution is -2.14. The van der Waals surface area contributed by atoms with Gasteiger partial charge < -0.3 is 10.5 Å². The SMILES string of the molecule is COc1nc(-c2ccccc2)c(C#N)cc1C(N)=O. The molecule has 1 aromatic heterocycles. The lowest BCUT2D eigenvalue weighted by molar-refractivity contribution is 0.0996. The van der Waals surface area contributed by atoms with Crippen LogP contribution in [0.3, 0.4) is 0 Å². The maximum absolute atomic E-state index is 11.3. The van der Waals surface area contributed by atoms with E-state index in [4.69, 9.17) is 15.7 Å². The van der Waals surface area contributed by atoms with Crippen LogP contribution < -0.4 is 10.5 Å². The summed E-state index contributed by atoms with van der Waals surface area (Å²) in [5.41, 5.74) is 6.84. The Morgan fingerprint density at radius 2 is 2.05 bits per heavy atom. The van der Waals surface area contributed by atoms with Crippen LogP contribution in [0.4, 0.5) is 0 Å². The van der Waals surface area contributed by atoms with Crippen LogP contribution in [0.5, 0.6) is 5.88 Å². The van der Waals surface area contributed by atoms with Gasteiger partial charge in [-0.05, 0) is 6.07 Å². The number of primary amides is 1. The minimum absolute atomic E-state index is 0.0960. The van der Waals surface area contributed by atoms with Crippen LogP contribution in [0.25, 0.3) is 11.3 Å². The van der Waals surface area contributed by atoms with Crippen LogP contribution in [0.1, 0.15) is 15.9 Å². The molecule has 5 heteroatoms. The molecule has 5 nitrogen and oxygen atoms in total. The van der Waals surface area contributed by atoms with Crippen LogP contribution in [0, 0.1) is 11.3 Å². The van der Waals surface area contributed by atoms with Gasteiger partial charge in [0.2, 0.25) is 5.88 Å². The molecule has 0 aliphatic heterocycles. The number of pyridine rings is 1. The number of hydrogen-bond acceptors (Lipinski definition) is 4. The molecule has 0 aliphatic rings. The number of amides is 1. The molecule has 19 heavy (non-hydrogen) atoms. The number of benzene rings is 1. The average molecular weight is 253 g/mol. The Balaban J connectivity index is 2.69. The highest BCUT2D eigenvalue weighted by Crippen LogP contribution is 2.26. The van der Waals surface area contributed by atoms with Crippen molar-refractivity contribution in [3.8, 4) is 23.2 Å². The molecule has 0 bridgehead atoms. The molecule has 0 atom stereocenters. The van der Waals surface area contributed by atoms with Crippen molar-refractivity contribution in [2.24, 2.45) is 5.73 Å². The molecule has 2 aromatic rings. The van der Waals surface area contributed by atoms with Gasteiger partial charge in [-0.2, -0.15) is 5.26 Å². The molecule has 1 aromatic carbocycles. The highest BCUT2D eigenvalue weighted by Gasteiger charge is 2.16. The highest BCUT2D eigenvalue weighted by atomic mass is 16.5. The summed E-state index contributed by atoms with van der Waals surface area (Å²) < 4.78 is 5.05. The molecule has 1 heterocycles. The molecule has 0 spiro atoms. The molecule has 2 N–H and O–H groups in total. The second kappa shape index (κ2) is 5.19. The number of carbonyl (C=O) groups is 1. The number of ether oxygens (including phenoxy) is 1. The fourth-order valence-corrected chi connectivity index (χ4v) is 1.73. The Bertz CT molecular complexity index is 660. The largest absolute Gasteiger partial charge is 0.480 e. The third-order valence-electron chi connectivity index (χ3n) is 2.61. The van der Waals surface area contributed by atoms with Gasteiger partial charge in [0, 0.05) is 5.56 Å². The fraction of sp³-hybridized carbons (Fsp3) is 0.0714. The van der Waals surface area contributed by atoms with Crippen LogP contribution in [-0.2, 0) is 0 Å². The first kappa shape index (κ1) is 12.6. The predicted molar refractivity (Wildman–Crippen MR) is 69.5 cm³/mol. The van der Waals surface area contributed by atoms with Gasteiger partial charge >= 0.3 is 0 Å². The number of hydrogen-bond donors (Lipinski definition) is 1. The second-order valence-electron chi connectivity index (χ2n) is 3.78. The molecular formula is C14H11N3O2. The summed E-state index contributed by atoms with van der Waals surface area (Å²) in [4.78, 5) is 15.5. The Morgan fingerprint density at radius 1 is 1.37 bits per heavy atom. The van der Waals surface area contributed by atoms with E-state index in [1.165, 1.54) is 13.2 Å². The molecule has 0 aliphatic carbocycles. The fourth-order valence-electron chi connectivity index (χ4n) is 1.73. The summed E-state index contributed by atoms with van der Waals surface area (Å²) in [5, 5.41) is 9.17. The topological polar surface area (TPSA) is 89.0 Å². The van der Waals surface area contributed by atoms with E-state index in [-0.39, 0.29) is 17.0 Å². The number of nitrogens with zero attached hydrogens (tertiary/aromatic N) is 2. The Hall–Kier alpha value is -2.87. The van der Waals surface area contributed by atoms with Crippen molar-refractivity contribution >= 4 is 5.91 Å². The van der Waals surface area contributed by atoms with E-state index in [9.17, 15) is 4.79 Å². The number of aromatic nitrogens is 1. The van der Waals surface area contributed by atoms with Gasteiger partial charge in [-0.25, -0.2) is 4.98 Å². The Morgan fingerprint density at radius 3 is 2.58 bits per heavy atom. The van der Waals surface area contributed by atoms with Gasteiger partial charge in [0.1, 0.15) is 11.6 Å². The highest BCUT2D eigenvalue weighted by molar-refractivity contribution is 5.96. The van der Waals surface area contributed by atoms with Crippen LogP contribution >= 0.6 is 0 Å². The second-order valence-corrected chi connectivity index (χ2v) is 3.78. The summed E-state index contributed by atoms with van der Waals surface area (Å²) in [7, 11) is 1.40. The maximum Gasteiger partial charge on any atom is 0.254 e. The van der Waals surface area contributed by atoms with Gasteiger partial charge in [0.15, 0.2) is 0 Å². The summed E-state index contributed by atoms with van der Waals surface area (Å²) in [6, 6.07) is 12.6. The standard InChI is InChI=1S/C14H11N3O2/c1-19-14-11(13(16)18)7-10(8-15)12(17-14)9-5-3-2-4-6-9/h2-7H,1H3,(H2,16,18). The Kier molecular flexibility index (Phi) is 3.44. The van der Waals surface area contributed by atoms with E-state index >= 15 is 0 Å². The van der Waals surface area contributed by atoms with Gasteiger partial charge in [-0.1, -0.05) is 30.3 Å². The number of nitriles is 1. The third-order valence-corrected chi connectivity index (χ3v) is 2.61. The molecule has 2 rings (SSSR count). The molecule has 0 unspecified atom stereocenters. The number of rotatable bonds is 3. The van der Waals surface area contributed by atoms with E-state index in [2.05, 4.69) is 4.98 Å². The third kappa shape index (κ3) is 2.38. The van der Waals surface area contributed by atoms with E-state index < -0.39 is 5.91 Å². The zero-order valence-corrected chi connectivity index (χ0v) is 10.3. The predicted octanol–water partition coefficient (Wildman–Crippen LogP) is 1.73. The van der Waals surface area contributed by atoms with E-state index in [0.29, 0.717) is 5.69 Å². The molecule has 1 amide bonds. The summed E-state index contributed by atoms with van der Waals surface area (Å²) >= 11 is 0. The molecule has 0 saturated heterocycles. The monoisotopic (exact) mass is 253 g/mol. The van der Waals surface area contributed by atoms with Gasteiger partial charge in [-0.3, -0.25) is 4.79 Å². The van der Waals surface area contributed by atoms with Crippen molar-refractivity contribution in [1.82, 2.24) is 4.98 Å². The molecule has 0 fully saturated rings. The van der Waals surface area contributed by atoms with Crippen LogP contribution in [0.2, 0.25) is 0 Å². The summed E-state index contributed by atoms with van der Waals surface area (Å²) in [6.45, 7) is 0. The van der Waals surface area contributed by atoms with Crippen molar-refractivity contribution < 1.29 is 9.53 Å². The lowest BCUT2D eigenvalue weighted by atomic mass is 10.0. The first-order chi connectivity index (χ1) is 9.17. The minimum Gasteiger partial charge on any atom is -0.480 e. The number of nitrogens with two attached hydrogens (primary N) is 1. The van der Waals surface area contributed by atoms with Gasteiger partial charge in [0.25, 0.3) is 5.91 Å². The van der Waals surface area contributed by atoms with Crippen molar-refractivity contribution in [2.45, 2.75) is 0 Å². The van der Waals surface area contributed by atoms with Crippen LogP contribution in [-0.4, -0.2) is 18.0 Å². The van der Waals surface area contributed by atoms with Crippen molar-refractivity contribution in [1.29, 1.82) is 5.26 Å². The van der Waals surface area contributed by atoms with E-state index in [1.54, 1.807) is 0 Å². The summed E-state index contributed by atoms with van der Waals surface area (Å²) in [6.07, 6.45) is 0. The van der Waals surface area contributed by atoms with Gasteiger partial charge in [0.05, 0.1) is 18.4 Å². The maximum atomic E-state index is 11.3. The zero-order valence-electron chi connectivity index (χ0n) is 10.3. The zero-order chi connectivity index (χ0) is 13.8. The molecular weight excluding hydrogens is 242 g/mol. The first-order valence-corrected chi connectivity index (χ1v) is 5.51. The molecule has 94 valence electrons. The normalized spacial score (nSPS) is 9.68. The van der Waals surface area contributed by atoms with E-state index in [1.807, 2.05) is 36.4 Å². The number of methoxy groups -OCH3 is 1. The minimum atomic E-state index is -0.680. The smallest absolute Gasteiger partial charge is 0.254 e. The van der Waals surface area contributed by atoms with Crippen LogP contribution in [0.15, 0.2) is 36.4 Å². The lowest BCUT2D eigenvalue weighted by Gasteiger charge is -2.09. The summed E-state index contributed by atoms with van der Waals surface area (Å²) in [5.74, 6) is -0.564. The average Bonchev–Trinajstić information content (AvgIpc) is 2.46. The molecule has 0 saturated carbocycles. The van der Waals surface area contributed by atoms with Crippen molar-refractivity contribution in [3.63, 3.8) is 0 Å². The quantitative estimate of drug-likeness (QED) is 0.902.